The van der Waals surface area contributed by atoms with Crippen molar-refractivity contribution in [1.29, 1.82) is 0 Å². The Bertz CT molecular complexity index is 1490. The molecule has 6 heterocycles. The summed E-state index contributed by atoms with van der Waals surface area (Å²) in [6.07, 6.45) is 1.23. The van der Waals surface area contributed by atoms with E-state index in [0.717, 1.165) is 49.2 Å². The van der Waals surface area contributed by atoms with Crippen LogP contribution in [0.1, 0.15) is 17.1 Å². The zero-order valence-corrected chi connectivity index (χ0v) is 21.2. The summed E-state index contributed by atoms with van der Waals surface area (Å²) in [7, 11) is -2.95. The number of benzene rings is 1. The highest BCUT2D eigenvalue weighted by atomic mass is 35.5. The zero-order valence-electron chi connectivity index (χ0n) is 19.6. The van der Waals surface area contributed by atoms with Gasteiger partial charge in [0, 0.05) is 49.2 Å². The van der Waals surface area contributed by atoms with E-state index in [1.54, 1.807) is 6.92 Å². The van der Waals surface area contributed by atoms with Crippen LogP contribution in [0.3, 0.4) is 0 Å². The molecule has 36 heavy (non-hydrogen) atoms. The van der Waals surface area contributed by atoms with Crippen LogP contribution < -0.4 is 9.80 Å². The lowest BCUT2D eigenvalue weighted by Crippen LogP contribution is -2.73. The Morgan fingerprint density at radius 2 is 1.83 bits per heavy atom. The van der Waals surface area contributed by atoms with Crippen molar-refractivity contribution in [2.45, 2.75) is 26.1 Å². The first-order valence-corrected chi connectivity index (χ1v) is 14.1. The minimum absolute atomic E-state index is 0.0286. The third-order valence-corrected chi connectivity index (χ3v) is 9.72. The van der Waals surface area contributed by atoms with E-state index in [-0.39, 0.29) is 23.0 Å². The second kappa shape index (κ2) is 7.59. The fraction of sp³-hybridized carbons (Fsp3) is 0.478. The zero-order chi connectivity index (χ0) is 24.8. The van der Waals surface area contributed by atoms with E-state index in [4.69, 9.17) is 11.6 Å². The van der Waals surface area contributed by atoms with Crippen LogP contribution in [-0.2, 0) is 22.9 Å². The third kappa shape index (κ3) is 3.49. The Hall–Kier alpha value is -2.83. The van der Waals surface area contributed by atoms with Crippen LogP contribution in [-0.4, -0.2) is 81.8 Å². The van der Waals surface area contributed by atoms with Gasteiger partial charge in [0.05, 0.1) is 35.6 Å². The van der Waals surface area contributed by atoms with Gasteiger partial charge in [-0.15, -0.1) is 10.2 Å². The average Bonchev–Trinajstić information content (AvgIpc) is 3.07. The molecule has 4 aliphatic rings. The van der Waals surface area contributed by atoms with Crippen LogP contribution in [0.15, 0.2) is 24.4 Å². The molecule has 0 aliphatic carbocycles. The molecule has 0 saturated carbocycles. The largest absolute Gasteiger partial charge is 0.339 e. The van der Waals surface area contributed by atoms with Gasteiger partial charge in [0.2, 0.25) is 11.9 Å². The number of halogens is 2. The van der Waals surface area contributed by atoms with Gasteiger partial charge in [-0.05, 0) is 30.7 Å². The van der Waals surface area contributed by atoms with Crippen LogP contribution in [0.4, 0.5) is 16.3 Å². The molecule has 1 spiro atoms. The summed E-state index contributed by atoms with van der Waals surface area (Å²) in [6, 6.07) is 5.77. The summed E-state index contributed by atoms with van der Waals surface area (Å²) in [5.41, 5.74) is 2.48. The number of aryl methyl sites for hydroxylation is 1. The number of rotatable bonds is 3. The van der Waals surface area contributed by atoms with Crippen molar-refractivity contribution in [3.8, 4) is 5.69 Å². The molecule has 1 aromatic carbocycles. The standard InChI is InChI=1S/C23H24ClFN8O2S/c1-14-18(25)5-26-21(27-14)31-10-23(11-31)12-32(13-23)22-29-28-20-7-30(17-8-36(34,35)9-17)6-15-4-16(24)2-3-19(15)33(20)22/h2-5,17H,6-13H2,1H3. The number of sulfone groups is 1. The van der Waals surface area contributed by atoms with Crippen molar-refractivity contribution in [1.82, 2.24) is 29.6 Å². The number of hydrogen-bond donors (Lipinski definition) is 0. The monoisotopic (exact) mass is 530 g/mol. The highest BCUT2D eigenvalue weighted by molar-refractivity contribution is 7.92. The number of fused-ring (bicyclic) bond motifs is 3. The van der Waals surface area contributed by atoms with Crippen LogP contribution in [0.5, 0.6) is 0 Å². The molecular formula is C23H24ClFN8O2S. The van der Waals surface area contributed by atoms with E-state index in [0.29, 0.717) is 29.8 Å². The van der Waals surface area contributed by atoms with Crippen LogP contribution in [0.25, 0.3) is 5.69 Å². The first kappa shape index (κ1) is 22.4. The molecule has 2 aromatic heterocycles. The Morgan fingerprint density at radius 1 is 1.08 bits per heavy atom. The molecule has 3 aromatic rings. The first-order chi connectivity index (χ1) is 17.2. The summed E-state index contributed by atoms with van der Waals surface area (Å²) in [5, 5.41) is 9.72. The molecule has 13 heteroatoms. The van der Waals surface area contributed by atoms with Gasteiger partial charge in [-0.3, -0.25) is 9.47 Å². The van der Waals surface area contributed by atoms with E-state index in [1.807, 2.05) is 18.2 Å². The van der Waals surface area contributed by atoms with Gasteiger partial charge in [0.1, 0.15) is 0 Å². The molecule has 0 N–H and O–H groups in total. The predicted octanol–water partition coefficient (Wildman–Crippen LogP) is 1.60. The third-order valence-electron chi connectivity index (χ3n) is 7.70. The van der Waals surface area contributed by atoms with Crippen molar-refractivity contribution in [3.05, 3.63) is 52.3 Å². The number of anilines is 2. The molecule has 10 nitrogen and oxygen atoms in total. The van der Waals surface area contributed by atoms with Crippen LogP contribution in [0, 0.1) is 18.2 Å². The molecule has 4 aliphatic heterocycles. The van der Waals surface area contributed by atoms with Gasteiger partial charge >= 0.3 is 0 Å². The average molecular weight is 531 g/mol. The quantitative estimate of drug-likeness (QED) is 0.499. The Balaban J connectivity index is 1.13. The molecule has 0 radical (unpaired) electrons. The van der Waals surface area contributed by atoms with E-state index in [1.165, 1.54) is 6.20 Å². The highest BCUT2D eigenvalue weighted by Gasteiger charge is 2.54. The fourth-order valence-corrected chi connectivity index (χ4v) is 7.52. The summed E-state index contributed by atoms with van der Waals surface area (Å²) < 4.78 is 39.3. The van der Waals surface area contributed by atoms with E-state index in [2.05, 4.69) is 39.4 Å². The van der Waals surface area contributed by atoms with Gasteiger partial charge in [0.15, 0.2) is 21.5 Å². The predicted molar refractivity (Wildman–Crippen MR) is 132 cm³/mol. The molecular weight excluding hydrogens is 507 g/mol. The fourth-order valence-electron chi connectivity index (χ4n) is 5.82. The van der Waals surface area contributed by atoms with Gasteiger partial charge in [-0.1, -0.05) is 11.6 Å². The smallest absolute Gasteiger partial charge is 0.231 e. The summed E-state index contributed by atoms with van der Waals surface area (Å²) in [5.74, 6) is 2.10. The Labute approximate surface area is 212 Å². The lowest BCUT2D eigenvalue weighted by Gasteiger charge is -2.60. The van der Waals surface area contributed by atoms with E-state index in [9.17, 15) is 12.8 Å². The number of hydrogen-bond acceptors (Lipinski definition) is 9. The van der Waals surface area contributed by atoms with Crippen molar-refractivity contribution in [2.75, 3.05) is 47.5 Å². The second-order valence-corrected chi connectivity index (χ2v) is 13.1. The number of aromatic nitrogens is 5. The van der Waals surface area contributed by atoms with Crippen molar-refractivity contribution < 1.29 is 12.8 Å². The van der Waals surface area contributed by atoms with E-state index >= 15 is 0 Å². The van der Waals surface area contributed by atoms with Gasteiger partial charge < -0.3 is 9.80 Å². The molecule has 0 amide bonds. The lowest BCUT2D eigenvalue weighted by atomic mass is 9.73. The minimum atomic E-state index is -2.95. The van der Waals surface area contributed by atoms with Crippen LogP contribution >= 0.6 is 11.6 Å². The molecule has 3 fully saturated rings. The molecule has 3 saturated heterocycles. The maximum atomic E-state index is 13.5. The lowest BCUT2D eigenvalue weighted by molar-refractivity contribution is 0.152. The first-order valence-electron chi connectivity index (χ1n) is 11.9. The molecule has 188 valence electrons. The topological polar surface area (TPSA) is 100 Å². The van der Waals surface area contributed by atoms with Crippen molar-refractivity contribution >= 4 is 33.3 Å². The van der Waals surface area contributed by atoms with Gasteiger partial charge in [-0.2, -0.15) is 0 Å². The van der Waals surface area contributed by atoms with Crippen molar-refractivity contribution in [3.63, 3.8) is 0 Å². The Kier molecular flexibility index (Phi) is 4.72. The van der Waals surface area contributed by atoms with Crippen molar-refractivity contribution in [2.24, 2.45) is 5.41 Å². The Morgan fingerprint density at radius 3 is 2.56 bits per heavy atom. The normalized spacial score (nSPS) is 22.3. The minimum Gasteiger partial charge on any atom is -0.339 e. The molecule has 7 rings (SSSR count). The summed E-state index contributed by atoms with van der Waals surface area (Å²) in [6.45, 7) is 6.05. The van der Waals surface area contributed by atoms with Gasteiger partial charge in [0.25, 0.3) is 0 Å². The summed E-state index contributed by atoms with van der Waals surface area (Å²) in [4.78, 5) is 14.9. The SMILES string of the molecule is Cc1nc(N2CC3(C2)CN(c2nnc4n2-c2ccc(Cl)cc2CN(C2CS(=O)(=O)C2)C4)C3)ncc1F. The van der Waals surface area contributed by atoms with E-state index < -0.39 is 15.7 Å². The second-order valence-electron chi connectivity index (χ2n) is 10.5. The maximum absolute atomic E-state index is 13.5. The summed E-state index contributed by atoms with van der Waals surface area (Å²) >= 11 is 6.34. The maximum Gasteiger partial charge on any atom is 0.231 e. The highest BCUT2D eigenvalue weighted by Crippen LogP contribution is 2.44. The van der Waals surface area contributed by atoms with Gasteiger partial charge in [-0.25, -0.2) is 22.8 Å². The molecule has 0 unspecified atom stereocenters. The van der Waals surface area contributed by atoms with Crippen LogP contribution in [0.2, 0.25) is 5.02 Å². The molecule has 0 atom stereocenters. The number of nitrogens with zero attached hydrogens (tertiary/aromatic N) is 8. The molecule has 0 bridgehead atoms.